The van der Waals surface area contributed by atoms with Gasteiger partial charge >= 0.3 is 0 Å². The Morgan fingerprint density at radius 2 is 2.05 bits per heavy atom. The highest BCUT2D eigenvalue weighted by atomic mass is 16.6. The summed E-state index contributed by atoms with van der Waals surface area (Å²) in [6.07, 6.45) is 7.56. The molecule has 1 fully saturated rings. The minimum Gasteiger partial charge on any atom is -0.320 e. The van der Waals surface area contributed by atoms with E-state index in [4.69, 9.17) is 0 Å². The SMILES string of the molecule is Cc1ccc(NC(=O)CCC2CCCCC2)c([N+](=O)[O-])c1. The van der Waals surface area contributed by atoms with E-state index in [1.165, 1.54) is 38.2 Å². The van der Waals surface area contributed by atoms with Crippen molar-refractivity contribution in [2.75, 3.05) is 5.32 Å². The second-order valence-corrected chi connectivity index (χ2v) is 5.87. The Kier molecular flexibility index (Phi) is 5.31. The van der Waals surface area contributed by atoms with E-state index in [1.807, 2.05) is 0 Å². The largest absolute Gasteiger partial charge is 0.320 e. The van der Waals surface area contributed by atoms with Crippen LogP contribution in [0.2, 0.25) is 0 Å². The minimum absolute atomic E-state index is 0.0407. The van der Waals surface area contributed by atoms with Crippen molar-refractivity contribution in [3.05, 3.63) is 33.9 Å². The standard InChI is InChI=1S/C16H22N2O3/c1-12-7-9-14(15(11-12)18(20)21)17-16(19)10-8-13-5-3-2-4-6-13/h7,9,11,13H,2-6,8,10H2,1H3,(H,17,19). The number of amides is 1. The highest BCUT2D eigenvalue weighted by Gasteiger charge is 2.18. The number of nitro benzene ring substituents is 1. The van der Waals surface area contributed by atoms with Crippen LogP contribution in [-0.4, -0.2) is 10.8 Å². The predicted molar refractivity (Wildman–Crippen MR) is 82.3 cm³/mol. The van der Waals surface area contributed by atoms with Crippen molar-refractivity contribution < 1.29 is 9.72 Å². The average Bonchev–Trinajstić information content (AvgIpc) is 2.48. The van der Waals surface area contributed by atoms with Gasteiger partial charge in [0.15, 0.2) is 0 Å². The predicted octanol–water partition coefficient (Wildman–Crippen LogP) is 4.20. The Morgan fingerprint density at radius 3 is 2.71 bits per heavy atom. The number of anilines is 1. The number of carbonyl (C=O) groups is 1. The van der Waals surface area contributed by atoms with Crippen LogP contribution in [0, 0.1) is 23.0 Å². The molecule has 2 rings (SSSR count). The molecule has 5 heteroatoms. The van der Waals surface area contributed by atoms with Crippen LogP contribution in [0.5, 0.6) is 0 Å². The Labute approximate surface area is 124 Å². The van der Waals surface area contributed by atoms with Gasteiger partial charge in [0, 0.05) is 12.5 Å². The van der Waals surface area contributed by atoms with Gasteiger partial charge in [0.2, 0.25) is 5.91 Å². The van der Waals surface area contributed by atoms with Gasteiger partial charge < -0.3 is 5.32 Å². The Balaban J connectivity index is 1.91. The number of carbonyl (C=O) groups excluding carboxylic acids is 1. The molecule has 1 aliphatic carbocycles. The third-order valence-electron chi connectivity index (χ3n) is 4.13. The van der Waals surface area contributed by atoms with Crippen LogP contribution in [0.15, 0.2) is 18.2 Å². The monoisotopic (exact) mass is 290 g/mol. The summed E-state index contributed by atoms with van der Waals surface area (Å²) >= 11 is 0. The summed E-state index contributed by atoms with van der Waals surface area (Å²) in [5.41, 5.74) is 1.06. The second kappa shape index (κ2) is 7.20. The fourth-order valence-electron chi connectivity index (χ4n) is 2.92. The van der Waals surface area contributed by atoms with Gasteiger partial charge in [-0.3, -0.25) is 14.9 Å². The van der Waals surface area contributed by atoms with Crippen LogP contribution < -0.4 is 5.32 Å². The van der Waals surface area contributed by atoms with Gasteiger partial charge in [0.05, 0.1) is 4.92 Å². The molecule has 1 aromatic carbocycles. The number of nitrogens with one attached hydrogen (secondary N) is 1. The van der Waals surface area contributed by atoms with E-state index in [0.717, 1.165) is 12.0 Å². The first-order chi connectivity index (χ1) is 10.1. The molecule has 0 aliphatic heterocycles. The number of rotatable bonds is 5. The average molecular weight is 290 g/mol. The maximum absolute atomic E-state index is 12.0. The summed E-state index contributed by atoms with van der Waals surface area (Å²) in [5, 5.41) is 13.7. The molecule has 0 spiro atoms. The molecule has 1 aliphatic rings. The van der Waals surface area contributed by atoms with E-state index in [0.29, 0.717) is 18.0 Å². The van der Waals surface area contributed by atoms with Gasteiger partial charge in [-0.2, -0.15) is 0 Å². The maximum Gasteiger partial charge on any atom is 0.293 e. The van der Waals surface area contributed by atoms with Crippen molar-refractivity contribution in [1.82, 2.24) is 0 Å². The number of hydrogen-bond acceptors (Lipinski definition) is 3. The molecule has 21 heavy (non-hydrogen) atoms. The first-order valence-corrected chi connectivity index (χ1v) is 7.61. The van der Waals surface area contributed by atoms with Crippen molar-refractivity contribution >= 4 is 17.3 Å². The van der Waals surface area contributed by atoms with Crippen molar-refractivity contribution in [1.29, 1.82) is 0 Å². The molecule has 0 aromatic heterocycles. The molecular formula is C16H22N2O3. The van der Waals surface area contributed by atoms with Crippen LogP contribution in [-0.2, 0) is 4.79 Å². The van der Waals surface area contributed by atoms with Crippen molar-refractivity contribution in [3.63, 3.8) is 0 Å². The molecule has 0 bridgehead atoms. The normalized spacial score (nSPS) is 15.7. The van der Waals surface area contributed by atoms with Crippen molar-refractivity contribution in [3.8, 4) is 0 Å². The summed E-state index contributed by atoms with van der Waals surface area (Å²) in [5.74, 6) is 0.505. The molecule has 5 nitrogen and oxygen atoms in total. The van der Waals surface area contributed by atoms with E-state index in [1.54, 1.807) is 19.1 Å². The van der Waals surface area contributed by atoms with Gasteiger partial charge in [0.1, 0.15) is 5.69 Å². The van der Waals surface area contributed by atoms with Gasteiger partial charge in [-0.05, 0) is 30.9 Å². The third-order valence-corrected chi connectivity index (χ3v) is 4.13. The Bertz CT molecular complexity index is 522. The zero-order chi connectivity index (χ0) is 15.2. The number of aryl methyl sites for hydroxylation is 1. The lowest BCUT2D eigenvalue weighted by atomic mass is 9.86. The van der Waals surface area contributed by atoms with E-state index in [9.17, 15) is 14.9 Å². The van der Waals surface area contributed by atoms with Gasteiger partial charge in [-0.1, -0.05) is 38.2 Å². The molecule has 0 saturated heterocycles. The van der Waals surface area contributed by atoms with Crippen LogP contribution >= 0.6 is 0 Å². The van der Waals surface area contributed by atoms with Gasteiger partial charge in [-0.15, -0.1) is 0 Å². The Hall–Kier alpha value is -1.91. The Morgan fingerprint density at radius 1 is 1.33 bits per heavy atom. The molecule has 1 N–H and O–H groups in total. The number of benzene rings is 1. The molecule has 1 saturated carbocycles. The van der Waals surface area contributed by atoms with Crippen LogP contribution in [0.25, 0.3) is 0 Å². The number of nitro groups is 1. The first kappa shape index (κ1) is 15.5. The second-order valence-electron chi connectivity index (χ2n) is 5.87. The lowest BCUT2D eigenvalue weighted by molar-refractivity contribution is -0.384. The molecule has 1 amide bonds. The van der Waals surface area contributed by atoms with E-state index in [2.05, 4.69) is 5.32 Å². The van der Waals surface area contributed by atoms with Crippen LogP contribution in [0.4, 0.5) is 11.4 Å². The maximum atomic E-state index is 12.0. The summed E-state index contributed by atoms with van der Waals surface area (Å²) in [6.45, 7) is 1.79. The molecule has 0 heterocycles. The van der Waals surface area contributed by atoms with Gasteiger partial charge in [-0.25, -0.2) is 0 Å². The first-order valence-electron chi connectivity index (χ1n) is 7.61. The molecule has 0 radical (unpaired) electrons. The smallest absolute Gasteiger partial charge is 0.293 e. The molecule has 1 aromatic rings. The number of hydrogen-bond donors (Lipinski definition) is 1. The molecule has 114 valence electrons. The molecular weight excluding hydrogens is 268 g/mol. The number of nitrogens with zero attached hydrogens (tertiary/aromatic N) is 1. The fraction of sp³-hybridized carbons (Fsp3) is 0.562. The minimum atomic E-state index is -0.455. The third kappa shape index (κ3) is 4.55. The van der Waals surface area contributed by atoms with Crippen molar-refractivity contribution in [2.45, 2.75) is 51.9 Å². The van der Waals surface area contributed by atoms with Crippen LogP contribution in [0.1, 0.15) is 50.5 Å². The summed E-state index contributed by atoms with van der Waals surface area (Å²) in [4.78, 5) is 22.5. The lowest BCUT2D eigenvalue weighted by Gasteiger charge is -2.20. The summed E-state index contributed by atoms with van der Waals surface area (Å²) < 4.78 is 0. The highest BCUT2D eigenvalue weighted by Crippen LogP contribution is 2.28. The van der Waals surface area contributed by atoms with E-state index < -0.39 is 4.92 Å². The zero-order valence-corrected chi connectivity index (χ0v) is 12.4. The highest BCUT2D eigenvalue weighted by molar-refractivity contribution is 5.93. The van der Waals surface area contributed by atoms with E-state index >= 15 is 0 Å². The fourth-order valence-corrected chi connectivity index (χ4v) is 2.92. The topological polar surface area (TPSA) is 72.2 Å². The molecule has 0 unspecified atom stereocenters. The van der Waals surface area contributed by atoms with Crippen molar-refractivity contribution in [2.24, 2.45) is 5.92 Å². The zero-order valence-electron chi connectivity index (χ0n) is 12.4. The summed E-state index contributed by atoms with van der Waals surface area (Å²) in [6, 6.07) is 4.85. The summed E-state index contributed by atoms with van der Waals surface area (Å²) in [7, 11) is 0. The lowest BCUT2D eigenvalue weighted by Crippen LogP contribution is -2.15. The quantitative estimate of drug-likeness (QED) is 0.652. The van der Waals surface area contributed by atoms with Crippen LogP contribution in [0.3, 0.4) is 0 Å². The van der Waals surface area contributed by atoms with E-state index in [-0.39, 0.29) is 11.6 Å². The van der Waals surface area contributed by atoms with Gasteiger partial charge in [0.25, 0.3) is 5.69 Å². The molecule has 0 atom stereocenters.